The van der Waals surface area contributed by atoms with E-state index in [4.69, 9.17) is 5.26 Å². The summed E-state index contributed by atoms with van der Waals surface area (Å²) in [5, 5.41) is 8.48. The van der Waals surface area contributed by atoms with Crippen molar-refractivity contribution in [3.05, 3.63) is 0 Å². The van der Waals surface area contributed by atoms with Gasteiger partial charge in [0.25, 0.3) is 0 Å². The Labute approximate surface area is 78.3 Å². The maximum absolute atomic E-state index is 11.6. The quantitative estimate of drug-likeness (QED) is 0.610. The zero-order valence-corrected chi connectivity index (χ0v) is 7.92. The average molecular weight is 178 g/mol. The predicted molar refractivity (Wildman–Crippen MR) is 47.7 cm³/mol. The molecule has 0 unspecified atom stereocenters. The van der Waals surface area contributed by atoms with Gasteiger partial charge in [-0.2, -0.15) is 5.26 Å². The lowest BCUT2D eigenvalue weighted by molar-refractivity contribution is -0.133. The van der Waals surface area contributed by atoms with E-state index in [2.05, 4.69) is 6.92 Å². The molecular weight excluding hydrogens is 164 g/mol. The van der Waals surface area contributed by atoms with E-state index in [-0.39, 0.29) is 17.9 Å². The number of carbonyl (C=O) groups excluding carboxylic acids is 1. The summed E-state index contributed by atoms with van der Waals surface area (Å²) in [7, 11) is 0. The van der Waals surface area contributed by atoms with Crippen molar-refractivity contribution in [3.63, 3.8) is 0 Å². The molecule has 0 spiro atoms. The molecule has 0 aliphatic carbocycles. The summed E-state index contributed by atoms with van der Waals surface area (Å²) in [6.45, 7) is 2.15. The molecule has 2 aliphatic rings. The van der Waals surface area contributed by atoms with Gasteiger partial charge in [0.1, 0.15) is 6.42 Å². The third kappa shape index (κ3) is 1.13. The highest BCUT2D eigenvalue weighted by atomic mass is 16.2. The molecule has 70 valence electrons. The van der Waals surface area contributed by atoms with Crippen molar-refractivity contribution in [3.8, 4) is 6.07 Å². The van der Waals surface area contributed by atoms with Gasteiger partial charge in [-0.3, -0.25) is 4.79 Å². The van der Waals surface area contributed by atoms with Crippen LogP contribution < -0.4 is 0 Å². The van der Waals surface area contributed by atoms with Crippen molar-refractivity contribution in [2.45, 2.75) is 50.6 Å². The summed E-state index contributed by atoms with van der Waals surface area (Å²) in [4.78, 5) is 13.6. The smallest absolute Gasteiger partial charge is 0.237 e. The summed E-state index contributed by atoms with van der Waals surface area (Å²) in [5.41, 5.74) is 0.0819. The lowest BCUT2D eigenvalue weighted by Crippen LogP contribution is -2.42. The molecule has 0 aromatic carbocycles. The Kier molecular flexibility index (Phi) is 1.80. The number of fused-ring (bicyclic) bond motifs is 2. The lowest BCUT2D eigenvalue weighted by atomic mass is 9.90. The second-order valence-corrected chi connectivity index (χ2v) is 4.33. The van der Waals surface area contributed by atoms with Gasteiger partial charge >= 0.3 is 0 Å². The molecule has 3 nitrogen and oxygen atoms in total. The zero-order valence-electron chi connectivity index (χ0n) is 7.92. The number of amides is 1. The van der Waals surface area contributed by atoms with Crippen molar-refractivity contribution in [2.75, 3.05) is 0 Å². The Hall–Kier alpha value is -1.04. The summed E-state index contributed by atoms with van der Waals surface area (Å²) >= 11 is 0. The van der Waals surface area contributed by atoms with E-state index in [1.165, 1.54) is 0 Å². The number of hydrogen-bond donors (Lipinski definition) is 0. The molecule has 2 fully saturated rings. The van der Waals surface area contributed by atoms with Crippen molar-refractivity contribution in [1.82, 2.24) is 4.90 Å². The van der Waals surface area contributed by atoms with E-state index in [1.807, 2.05) is 11.0 Å². The fourth-order valence-electron chi connectivity index (χ4n) is 2.82. The van der Waals surface area contributed by atoms with Crippen LogP contribution in [0.25, 0.3) is 0 Å². The molecule has 2 heterocycles. The third-order valence-corrected chi connectivity index (χ3v) is 3.48. The number of carbonyl (C=O) groups is 1. The zero-order chi connectivity index (χ0) is 9.47. The van der Waals surface area contributed by atoms with Crippen LogP contribution in [0, 0.1) is 11.3 Å². The molecule has 0 aromatic heterocycles. The summed E-state index contributed by atoms with van der Waals surface area (Å²) in [5.74, 6) is 0.0324. The minimum Gasteiger partial charge on any atom is -0.333 e. The SMILES string of the molecule is CC12CCC(CC1)N2C(=O)CC#N. The Morgan fingerprint density at radius 2 is 2.23 bits per heavy atom. The highest BCUT2D eigenvalue weighted by molar-refractivity contribution is 5.80. The molecule has 3 heteroatoms. The molecule has 0 N–H and O–H groups in total. The van der Waals surface area contributed by atoms with Gasteiger partial charge in [0.05, 0.1) is 6.07 Å². The largest absolute Gasteiger partial charge is 0.333 e. The topological polar surface area (TPSA) is 44.1 Å². The first-order chi connectivity index (χ1) is 6.17. The van der Waals surface area contributed by atoms with Crippen molar-refractivity contribution in [2.24, 2.45) is 0 Å². The van der Waals surface area contributed by atoms with Crippen LogP contribution in [0.1, 0.15) is 39.0 Å². The first kappa shape index (κ1) is 8.55. The van der Waals surface area contributed by atoms with Crippen LogP contribution in [0.5, 0.6) is 0 Å². The fourth-order valence-corrected chi connectivity index (χ4v) is 2.82. The predicted octanol–water partition coefficient (Wildman–Crippen LogP) is 1.44. The second-order valence-electron chi connectivity index (χ2n) is 4.33. The molecule has 2 saturated heterocycles. The monoisotopic (exact) mass is 178 g/mol. The minimum absolute atomic E-state index is 0.0324. The van der Waals surface area contributed by atoms with Gasteiger partial charge in [0, 0.05) is 11.6 Å². The van der Waals surface area contributed by atoms with Gasteiger partial charge in [0.2, 0.25) is 5.91 Å². The molecule has 0 saturated carbocycles. The van der Waals surface area contributed by atoms with E-state index < -0.39 is 0 Å². The van der Waals surface area contributed by atoms with Gasteiger partial charge in [-0.15, -0.1) is 0 Å². The van der Waals surface area contributed by atoms with E-state index >= 15 is 0 Å². The second kappa shape index (κ2) is 2.73. The molecule has 2 aliphatic heterocycles. The van der Waals surface area contributed by atoms with E-state index in [0.29, 0.717) is 6.04 Å². The lowest BCUT2D eigenvalue weighted by Gasteiger charge is -2.30. The van der Waals surface area contributed by atoms with Crippen LogP contribution in [0.4, 0.5) is 0 Å². The molecule has 2 rings (SSSR count). The Balaban J connectivity index is 2.17. The summed E-state index contributed by atoms with van der Waals surface area (Å²) in [6.07, 6.45) is 4.55. The molecule has 1 amide bonds. The number of rotatable bonds is 1. The van der Waals surface area contributed by atoms with Gasteiger partial charge in [-0.1, -0.05) is 0 Å². The van der Waals surface area contributed by atoms with E-state index in [1.54, 1.807) is 0 Å². The Bertz CT molecular complexity index is 271. The fraction of sp³-hybridized carbons (Fsp3) is 0.800. The van der Waals surface area contributed by atoms with Crippen LogP contribution >= 0.6 is 0 Å². The molecule has 13 heavy (non-hydrogen) atoms. The highest BCUT2D eigenvalue weighted by Gasteiger charge is 2.50. The normalized spacial score (nSPS) is 36.3. The Morgan fingerprint density at radius 1 is 1.62 bits per heavy atom. The molecule has 0 aromatic rings. The first-order valence-corrected chi connectivity index (χ1v) is 4.86. The maximum atomic E-state index is 11.6. The number of hydrogen-bond acceptors (Lipinski definition) is 2. The number of nitrogens with zero attached hydrogens (tertiary/aromatic N) is 2. The van der Waals surface area contributed by atoms with Crippen molar-refractivity contribution >= 4 is 5.91 Å². The third-order valence-electron chi connectivity index (χ3n) is 3.48. The van der Waals surface area contributed by atoms with Crippen molar-refractivity contribution in [1.29, 1.82) is 5.26 Å². The van der Waals surface area contributed by atoms with Crippen molar-refractivity contribution < 1.29 is 4.79 Å². The average Bonchev–Trinajstić information content (AvgIpc) is 2.57. The Morgan fingerprint density at radius 3 is 2.62 bits per heavy atom. The standard InChI is InChI=1S/C10H14N2O/c1-10-5-2-8(3-6-10)12(10)9(13)4-7-11/h8H,2-6H2,1H3. The van der Waals surface area contributed by atoms with Crippen LogP contribution in [0.15, 0.2) is 0 Å². The van der Waals surface area contributed by atoms with Crippen LogP contribution in [-0.4, -0.2) is 22.4 Å². The van der Waals surface area contributed by atoms with E-state index in [0.717, 1.165) is 25.7 Å². The number of nitriles is 1. The minimum atomic E-state index is 0.0324. The van der Waals surface area contributed by atoms with E-state index in [9.17, 15) is 4.79 Å². The van der Waals surface area contributed by atoms with Gasteiger partial charge < -0.3 is 4.90 Å². The maximum Gasteiger partial charge on any atom is 0.237 e. The van der Waals surface area contributed by atoms with Gasteiger partial charge in [-0.05, 0) is 32.6 Å². The van der Waals surface area contributed by atoms with Crippen LogP contribution in [-0.2, 0) is 4.79 Å². The highest BCUT2D eigenvalue weighted by Crippen LogP contribution is 2.46. The molecular formula is C10H14N2O. The summed E-state index contributed by atoms with van der Waals surface area (Å²) < 4.78 is 0. The molecule has 2 bridgehead atoms. The van der Waals surface area contributed by atoms with Crippen LogP contribution in [0.3, 0.4) is 0 Å². The van der Waals surface area contributed by atoms with Gasteiger partial charge in [0.15, 0.2) is 0 Å². The van der Waals surface area contributed by atoms with Gasteiger partial charge in [-0.25, -0.2) is 0 Å². The first-order valence-electron chi connectivity index (χ1n) is 4.86. The molecule has 0 radical (unpaired) electrons. The summed E-state index contributed by atoms with van der Waals surface area (Å²) in [6, 6.07) is 2.38. The molecule has 0 atom stereocenters. The van der Waals surface area contributed by atoms with Crippen LogP contribution in [0.2, 0.25) is 0 Å².